The van der Waals surface area contributed by atoms with Gasteiger partial charge in [-0.25, -0.2) is 4.79 Å². The number of ether oxygens (including phenoxy) is 1. The lowest BCUT2D eigenvalue weighted by atomic mass is 10.2. The van der Waals surface area contributed by atoms with Gasteiger partial charge in [-0.05, 0) is 54.3 Å². The van der Waals surface area contributed by atoms with Gasteiger partial charge < -0.3 is 10.1 Å². The summed E-state index contributed by atoms with van der Waals surface area (Å²) in [6.07, 6.45) is 3.28. The molecule has 0 atom stereocenters. The molecule has 5 heteroatoms. The molecule has 1 aromatic heterocycles. The molecular weight excluding hydrogens is 286 g/mol. The van der Waals surface area contributed by atoms with Gasteiger partial charge in [0.2, 0.25) is 5.91 Å². The van der Waals surface area contributed by atoms with Crippen molar-refractivity contribution >= 4 is 35.0 Å². The summed E-state index contributed by atoms with van der Waals surface area (Å²) in [5.41, 5.74) is 2.21. The first-order chi connectivity index (χ1) is 10.1. The number of nitrogens with one attached hydrogen (secondary N) is 1. The van der Waals surface area contributed by atoms with Gasteiger partial charge in [-0.1, -0.05) is 0 Å². The normalized spacial score (nSPS) is 10.6. The number of aryl methyl sites for hydroxylation is 1. The van der Waals surface area contributed by atoms with Gasteiger partial charge >= 0.3 is 5.97 Å². The number of carbonyl (C=O) groups excluding carboxylic acids is 2. The van der Waals surface area contributed by atoms with Crippen LogP contribution in [-0.2, 0) is 9.53 Å². The predicted molar refractivity (Wildman–Crippen MR) is 84.5 cm³/mol. The second kappa shape index (κ2) is 6.85. The van der Waals surface area contributed by atoms with Crippen molar-refractivity contribution in [2.24, 2.45) is 0 Å². The quantitative estimate of drug-likeness (QED) is 0.694. The van der Waals surface area contributed by atoms with E-state index >= 15 is 0 Å². The second-order valence-corrected chi connectivity index (χ2v) is 5.31. The number of esters is 1. The minimum atomic E-state index is -0.402. The number of rotatable bonds is 4. The van der Waals surface area contributed by atoms with Crippen LogP contribution in [0.3, 0.4) is 0 Å². The maximum atomic E-state index is 11.8. The van der Waals surface area contributed by atoms with Gasteiger partial charge in [-0.2, -0.15) is 0 Å². The van der Waals surface area contributed by atoms with E-state index in [2.05, 4.69) is 10.1 Å². The summed E-state index contributed by atoms with van der Waals surface area (Å²) in [4.78, 5) is 24.2. The number of amides is 1. The van der Waals surface area contributed by atoms with Gasteiger partial charge in [0.05, 0.1) is 12.7 Å². The molecule has 0 aliphatic carbocycles. The maximum absolute atomic E-state index is 11.8. The van der Waals surface area contributed by atoms with E-state index in [1.165, 1.54) is 13.2 Å². The monoisotopic (exact) mass is 301 g/mol. The van der Waals surface area contributed by atoms with Crippen LogP contribution in [0.15, 0.2) is 41.8 Å². The van der Waals surface area contributed by atoms with Crippen LogP contribution in [0.1, 0.15) is 20.8 Å². The fourth-order valence-corrected chi connectivity index (χ4v) is 2.52. The first kappa shape index (κ1) is 15.0. The van der Waals surface area contributed by atoms with E-state index in [0.29, 0.717) is 11.3 Å². The first-order valence-electron chi connectivity index (χ1n) is 6.31. The first-order valence-corrected chi connectivity index (χ1v) is 7.19. The highest BCUT2D eigenvalue weighted by Crippen LogP contribution is 2.17. The molecule has 0 aliphatic heterocycles. The third-order valence-electron chi connectivity index (χ3n) is 2.86. The smallest absolute Gasteiger partial charge is 0.337 e. The van der Waals surface area contributed by atoms with Gasteiger partial charge in [0.1, 0.15) is 0 Å². The Kier molecular flexibility index (Phi) is 4.90. The van der Waals surface area contributed by atoms with Gasteiger partial charge in [0, 0.05) is 16.6 Å². The summed E-state index contributed by atoms with van der Waals surface area (Å²) in [5.74, 6) is -0.616. The standard InChI is InChI=1S/C16H15NO3S/c1-11-9-10-21-14(11)7-8-15(18)17-13-5-3-12(4-6-13)16(19)20-2/h3-10H,1-2H3,(H,17,18)/b8-7+. The van der Waals surface area contributed by atoms with Crippen molar-refractivity contribution in [2.75, 3.05) is 12.4 Å². The second-order valence-electron chi connectivity index (χ2n) is 4.36. The van der Waals surface area contributed by atoms with Gasteiger partial charge in [-0.3, -0.25) is 4.79 Å². The molecule has 1 amide bonds. The molecule has 2 rings (SSSR count). The summed E-state index contributed by atoms with van der Waals surface area (Å²) < 4.78 is 4.61. The Labute approximate surface area is 127 Å². The average Bonchev–Trinajstić information content (AvgIpc) is 2.90. The lowest BCUT2D eigenvalue weighted by Gasteiger charge is -2.03. The zero-order valence-corrected chi connectivity index (χ0v) is 12.6. The molecule has 0 fully saturated rings. The van der Waals surface area contributed by atoms with Crippen LogP contribution in [0.25, 0.3) is 6.08 Å². The Morgan fingerprint density at radius 3 is 2.48 bits per heavy atom. The van der Waals surface area contributed by atoms with Crippen molar-refractivity contribution in [3.8, 4) is 0 Å². The van der Waals surface area contributed by atoms with E-state index in [4.69, 9.17) is 0 Å². The molecule has 21 heavy (non-hydrogen) atoms. The summed E-state index contributed by atoms with van der Waals surface area (Å²) in [5, 5.41) is 4.72. The molecule has 0 saturated heterocycles. The highest BCUT2D eigenvalue weighted by Gasteiger charge is 2.05. The fourth-order valence-electron chi connectivity index (χ4n) is 1.70. The topological polar surface area (TPSA) is 55.4 Å². The molecule has 0 radical (unpaired) electrons. The van der Waals surface area contributed by atoms with Gasteiger partial charge in [0.15, 0.2) is 0 Å². The van der Waals surface area contributed by atoms with Crippen molar-refractivity contribution in [1.29, 1.82) is 0 Å². The van der Waals surface area contributed by atoms with E-state index in [-0.39, 0.29) is 5.91 Å². The van der Waals surface area contributed by atoms with E-state index in [0.717, 1.165) is 10.4 Å². The molecular formula is C16H15NO3S. The molecule has 0 spiro atoms. The summed E-state index contributed by atoms with van der Waals surface area (Å²) >= 11 is 1.59. The molecule has 2 aromatic rings. The van der Waals surface area contributed by atoms with Crippen LogP contribution in [0, 0.1) is 6.92 Å². The van der Waals surface area contributed by atoms with E-state index in [1.807, 2.05) is 18.4 Å². The molecule has 1 N–H and O–H groups in total. The lowest BCUT2D eigenvalue weighted by molar-refractivity contribution is -0.111. The Balaban J connectivity index is 1.98. The number of anilines is 1. The molecule has 1 heterocycles. The number of thiophene rings is 1. The van der Waals surface area contributed by atoms with Crippen LogP contribution < -0.4 is 5.32 Å². The van der Waals surface area contributed by atoms with Gasteiger partial charge in [0.25, 0.3) is 0 Å². The van der Waals surface area contributed by atoms with Crippen molar-refractivity contribution in [2.45, 2.75) is 6.92 Å². The number of benzene rings is 1. The number of hydrogen-bond acceptors (Lipinski definition) is 4. The minimum Gasteiger partial charge on any atom is -0.465 e. The third-order valence-corrected chi connectivity index (χ3v) is 3.85. The Morgan fingerprint density at radius 2 is 1.90 bits per heavy atom. The molecule has 0 bridgehead atoms. The fraction of sp³-hybridized carbons (Fsp3) is 0.125. The van der Waals surface area contributed by atoms with Crippen LogP contribution in [0.2, 0.25) is 0 Å². The highest BCUT2D eigenvalue weighted by molar-refractivity contribution is 7.11. The van der Waals surface area contributed by atoms with Crippen LogP contribution >= 0.6 is 11.3 Å². The predicted octanol–water partition coefficient (Wildman–Crippen LogP) is 3.50. The van der Waals surface area contributed by atoms with E-state index < -0.39 is 5.97 Å². The van der Waals surface area contributed by atoms with Crippen molar-refractivity contribution in [3.63, 3.8) is 0 Å². The summed E-state index contributed by atoms with van der Waals surface area (Å²) in [7, 11) is 1.33. The molecule has 0 aliphatic rings. The van der Waals surface area contributed by atoms with Crippen molar-refractivity contribution in [1.82, 2.24) is 0 Å². The van der Waals surface area contributed by atoms with Gasteiger partial charge in [-0.15, -0.1) is 11.3 Å². The van der Waals surface area contributed by atoms with Crippen LogP contribution in [0.5, 0.6) is 0 Å². The Hall–Kier alpha value is -2.40. The zero-order chi connectivity index (χ0) is 15.2. The highest BCUT2D eigenvalue weighted by atomic mass is 32.1. The number of methoxy groups -OCH3 is 1. The number of hydrogen-bond donors (Lipinski definition) is 1. The number of carbonyl (C=O) groups is 2. The zero-order valence-electron chi connectivity index (χ0n) is 11.8. The largest absolute Gasteiger partial charge is 0.465 e. The lowest BCUT2D eigenvalue weighted by Crippen LogP contribution is -2.08. The molecule has 0 saturated carbocycles. The van der Waals surface area contributed by atoms with E-state index in [1.54, 1.807) is 41.7 Å². The minimum absolute atomic E-state index is 0.214. The summed E-state index contributed by atoms with van der Waals surface area (Å²) in [6.45, 7) is 2.00. The Bertz CT molecular complexity index is 671. The molecule has 1 aromatic carbocycles. The molecule has 108 valence electrons. The maximum Gasteiger partial charge on any atom is 0.337 e. The molecule has 4 nitrogen and oxygen atoms in total. The summed E-state index contributed by atoms with van der Waals surface area (Å²) in [6, 6.07) is 8.54. The van der Waals surface area contributed by atoms with Crippen LogP contribution in [-0.4, -0.2) is 19.0 Å². The van der Waals surface area contributed by atoms with E-state index in [9.17, 15) is 9.59 Å². The van der Waals surface area contributed by atoms with Crippen molar-refractivity contribution in [3.05, 3.63) is 57.8 Å². The van der Waals surface area contributed by atoms with Crippen LogP contribution in [0.4, 0.5) is 5.69 Å². The average molecular weight is 301 g/mol. The Morgan fingerprint density at radius 1 is 1.19 bits per heavy atom. The third kappa shape index (κ3) is 4.03. The molecule has 0 unspecified atom stereocenters. The van der Waals surface area contributed by atoms with Crippen molar-refractivity contribution < 1.29 is 14.3 Å². The SMILES string of the molecule is COC(=O)c1ccc(NC(=O)/C=C/c2sccc2C)cc1.